The van der Waals surface area contributed by atoms with Crippen molar-refractivity contribution in [3.63, 3.8) is 0 Å². The molecule has 2 aromatic rings. The van der Waals surface area contributed by atoms with Crippen LogP contribution in [-0.2, 0) is 11.3 Å². The second-order valence-electron chi connectivity index (χ2n) is 5.37. The van der Waals surface area contributed by atoms with Crippen molar-refractivity contribution in [2.45, 2.75) is 6.54 Å². The van der Waals surface area contributed by atoms with Gasteiger partial charge in [-0.3, -0.25) is 4.79 Å². The van der Waals surface area contributed by atoms with E-state index in [1.54, 1.807) is 24.1 Å². The monoisotopic (exact) mass is 300 g/mol. The quantitative estimate of drug-likeness (QED) is 0.870. The molecule has 0 spiro atoms. The molecule has 0 saturated carbocycles. The van der Waals surface area contributed by atoms with Crippen LogP contribution in [0.5, 0.6) is 0 Å². The molecule has 5 nitrogen and oxygen atoms in total. The van der Waals surface area contributed by atoms with Crippen molar-refractivity contribution in [1.82, 2.24) is 4.90 Å². The van der Waals surface area contributed by atoms with E-state index in [1.807, 2.05) is 12.1 Å². The van der Waals surface area contributed by atoms with Crippen molar-refractivity contribution >= 4 is 11.6 Å². The number of para-hydroxylation sites is 1. The molecular weight excluding hydrogens is 280 g/mol. The zero-order valence-electron chi connectivity index (χ0n) is 12.7. The summed E-state index contributed by atoms with van der Waals surface area (Å²) in [4.78, 5) is 16.3. The third-order valence-electron chi connectivity index (χ3n) is 3.83. The predicted molar refractivity (Wildman–Crippen MR) is 84.0 cm³/mol. The number of ether oxygens (including phenoxy) is 1. The summed E-state index contributed by atoms with van der Waals surface area (Å²) in [5.74, 6) is 0.258. The Morgan fingerprint density at radius 3 is 2.68 bits per heavy atom. The van der Waals surface area contributed by atoms with E-state index in [-0.39, 0.29) is 5.91 Å². The second kappa shape index (κ2) is 6.66. The summed E-state index contributed by atoms with van der Waals surface area (Å²) in [7, 11) is 1.79. The normalized spacial score (nSPS) is 14.9. The molecule has 1 aromatic carbocycles. The molecule has 1 amide bonds. The van der Waals surface area contributed by atoms with Gasteiger partial charge in [0.25, 0.3) is 5.91 Å². The fraction of sp³-hybridized carbons (Fsp3) is 0.353. The minimum absolute atomic E-state index is 0.109. The van der Waals surface area contributed by atoms with Crippen LogP contribution in [0.1, 0.15) is 16.1 Å². The van der Waals surface area contributed by atoms with E-state index >= 15 is 0 Å². The number of amides is 1. The van der Waals surface area contributed by atoms with E-state index in [9.17, 15) is 4.79 Å². The molecule has 3 rings (SSSR count). The molecule has 116 valence electrons. The van der Waals surface area contributed by atoms with Gasteiger partial charge in [0, 0.05) is 32.4 Å². The van der Waals surface area contributed by atoms with Crippen LogP contribution in [0.25, 0.3) is 0 Å². The maximum absolute atomic E-state index is 12.3. The van der Waals surface area contributed by atoms with Gasteiger partial charge in [0.05, 0.1) is 19.5 Å². The van der Waals surface area contributed by atoms with Crippen LogP contribution >= 0.6 is 0 Å². The second-order valence-corrected chi connectivity index (χ2v) is 5.37. The van der Waals surface area contributed by atoms with Gasteiger partial charge in [-0.25, -0.2) is 0 Å². The fourth-order valence-electron chi connectivity index (χ4n) is 2.67. The highest BCUT2D eigenvalue weighted by Crippen LogP contribution is 2.23. The number of morpholine rings is 1. The fourth-order valence-corrected chi connectivity index (χ4v) is 2.67. The van der Waals surface area contributed by atoms with Crippen molar-refractivity contribution < 1.29 is 13.9 Å². The number of carbonyl (C=O) groups excluding carboxylic acids is 1. The number of hydrogen-bond acceptors (Lipinski definition) is 4. The van der Waals surface area contributed by atoms with Crippen LogP contribution in [0.3, 0.4) is 0 Å². The van der Waals surface area contributed by atoms with Crippen molar-refractivity contribution in [2.24, 2.45) is 0 Å². The Hall–Kier alpha value is -2.27. The summed E-state index contributed by atoms with van der Waals surface area (Å²) in [6, 6.07) is 11.6. The Bertz CT molecular complexity index is 619. The zero-order valence-corrected chi connectivity index (χ0v) is 12.7. The maximum atomic E-state index is 12.3. The van der Waals surface area contributed by atoms with Gasteiger partial charge in [-0.15, -0.1) is 0 Å². The number of furan rings is 1. The van der Waals surface area contributed by atoms with Crippen molar-refractivity contribution in [3.8, 4) is 0 Å². The number of anilines is 1. The average Bonchev–Trinajstić information content (AvgIpc) is 3.10. The molecule has 1 aliphatic heterocycles. The lowest BCUT2D eigenvalue weighted by Gasteiger charge is -2.31. The highest BCUT2D eigenvalue weighted by molar-refractivity contribution is 5.91. The standard InChI is InChI=1S/C17H20N2O3/c1-18(17(20)16-7-4-10-22-16)13-14-5-2-3-6-15(14)19-8-11-21-12-9-19/h2-7,10H,8-9,11-13H2,1H3. The lowest BCUT2D eigenvalue weighted by molar-refractivity contribution is 0.0753. The SMILES string of the molecule is CN(Cc1ccccc1N1CCOCC1)C(=O)c1ccco1. The molecule has 0 bridgehead atoms. The van der Waals surface area contributed by atoms with Crippen LogP contribution in [0.4, 0.5) is 5.69 Å². The molecule has 1 fully saturated rings. The largest absolute Gasteiger partial charge is 0.459 e. The smallest absolute Gasteiger partial charge is 0.289 e. The van der Waals surface area contributed by atoms with E-state index < -0.39 is 0 Å². The average molecular weight is 300 g/mol. The molecule has 0 N–H and O–H groups in total. The van der Waals surface area contributed by atoms with Gasteiger partial charge < -0.3 is 19.0 Å². The van der Waals surface area contributed by atoms with Crippen LogP contribution in [0.15, 0.2) is 47.1 Å². The van der Waals surface area contributed by atoms with Crippen LogP contribution in [0.2, 0.25) is 0 Å². The van der Waals surface area contributed by atoms with E-state index in [4.69, 9.17) is 9.15 Å². The van der Waals surface area contributed by atoms with Gasteiger partial charge in [0.15, 0.2) is 5.76 Å². The van der Waals surface area contributed by atoms with Crippen LogP contribution in [-0.4, -0.2) is 44.2 Å². The minimum Gasteiger partial charge on any atom is -0.459 e. The number of benzene rings is 1. The molecule has 0 unspecified atom stereocenters. The summed E-state index contributed by atoms with van der Waals surface area (Å²) < 4.78 is 10.6. The van der Waals surface area contributed by atoms with Gasteiger partial charge in [0.1, 0.15) is 0 Å². The molecule has 1 aromatic heterocycles. The topological polar surface area (TPSA) is 45.9 Å². The first kappa shape index (κ1) is 14.7. The Labute approximate surface area is 130 Å². The van der Waals surface area contributed by atoms with Gasteiger partial charge in [-0.2, -0.15) is 0 Å². The Balaban J connectivity index is 1.75. The summed E-state index contributed by atoms with van der Waals surface area (Å²) >= 11 is 0. The summed E-state index contributed by atoms with van der Waals surface area (Å²) in [6.45, 7) is 3.80. The highest BCUT2D eigenvalue weighted by atomic mass is 16.5. The molecule has 1 aliphatic rings. The maximum Gasteiger partial charge on any atom is 0.289 e. The third kappa shape index (κ3) is 3.14. The number of rotatable bonds is 4. The van der Waals surface area contributed by atoms with E-state index in [1.165, 1.54) is 12.0 Å². The van der Waals surface area contributed by atoms with Crippen molar-refractivity contribution in [2.75, 3.05) is 38.3 Å². The van der Waals surface area contributed by atoms with Gasteiger partial charge in [-0.05, 0) is 23.8 Å². The highest BCUT2D eigenvalue weighted by Gasteiger charge is 2.18. The van der Waals surface area contributed by atoms with Crippen LogP contribution < -0.4 is 4.90 Å². The Morgan fingerprint density at radius 1 is 1.18 bits per heavy atom. The van der Waals surface area contributed by atoms with Gasteiger partial charge in [-0.1, -0.05) is 18.2 Å². The number of carbonyl (C=O) groups is 1. The zero-order chi connectivity index (χ0) is 15.4. The van der Waals surface area contributed by atoms with E-state index in [2.05, 4.69) is 17.0 Å². The van der Waals surface area contributed by atoms with Crippen molar-refractivity contribution in [1.29, 1.82) is 0 Å². The lowest BCUT2D eigenvalue weighted by Crippen LogP contribution is -2.37. The molecular formula is C17H20N2O3. The third-order valence-corrected chi connectivity index (χ3v) is 3.83. The van der Waals surface area contributed by atoms with Gasteiger partial charge >= 0.3 is 0 Å². The van der Waals surface area contributed by atoms with E-state index in [0.29, 0.717) is 12.3 Å². The molecule has 0 atom stereocenters. The summed E-state index contributed by atoms with van der Waals surface area (Å²) in [5.41, 5.74) is 2.30. The molecule has 22 heavy (non-hydrogen) atoms. The first-order valence-corrected chi connectivity index (χ1v) is 7.45. The molecule has 0 aliphatic carbocycles. The predicted octanol–water partition coefficient (Wildman–Crippen LogP) is 2.39. The Morgan fingerprint density at radius 2 is 1.95 bits per heavy atom. The molecule has 0 radical (unpaired) electrons. The number of hydrogen-bond donors (Lipinski definition) is 0. The minimum atomic E-state index is -0.109. The van der Waals surface area contributed by atoms with Gasteiger partial charge in [0.2, 0.25) is 0 Å². The molecule has 1 saturated heterocycles. The van der Waals surface area contributed by atoms with Crippen LogP contribution in [0, 0.1) is 0 Å². The number of nitrogens with zero attached hydrogens (tertiary/aromatic N) is 2. The Kier molecular flexibility index (Phi) is 4.44. The lowest BCUT2D eigenvalue weighted by atomic mass is 10.1. The summed E-state index contributed by atoms with van der Waals surface area (Å²) in [5, 5.41) is 0. The molecule has 5 heteroatoms. The first-order chi connectivity index (χ1) is 10.8. The first-order valence-electron chi connectivity index (χ1n) is 7.45. The molecule has 2 heterocycles. The summed E-state index contributed by atoms with van der Waals surface area (Å²) in [6.07, 6.45) is 1.52. The van der Waals surface area contributed by atoms with E-state index in [0.717, 1.165) is 31.9 Å². The van der Waals surface area contributed by atoms with Crippen molar-refractivity contribution in [3.05, 3.63) is 54.0 Å².